The van der Waals surface area contributed by atoms with Gasteiger partial charge in [-0.25, -0.2) is 0 Å². The molecule has 1 aliphatic carbocycles. The molecule has 5 heteroatoms. The zero-order chi connectivity index (χ0) is 13.5. The molecule has 0 heterocycles. The van der Waals surface area contributed by atoms with Gasteiger partial charge in [0.05, 0.1) is 6.54 Å². The van der Waals surface area contributed by atoms with Crippen LogP contribution in [0.25, 0.3) is 0 Å². The highest BCUT2D eigenvalue weighted by molar-refractivity contribution is 5.76. The number of amides is 1. The summed E-state index contributed by atoms with van der Waals surface area (Å²) in [4.78, 5) is 24.4. The van der Waals surface area contributed by atoms with Crippen molar-refractivity contribution in [1.29, 1.82) is 0 Å². The molecule has 1 aliphatic rings. The fourth-order valence-electron chi connectivity index (χ4n) is 2.47. The third-order valence-electron chi connectivity index (χ3n) is 3.26. The number of hydrogen-bond donors (Lipinski definition) is 2. The van der Waals surface area contributed by atoms with Crippen LogP contribution in [-0.4, -0.2) is 47.1 Å². The Bertz CT molecular complexity index is 286. The summed E-state index contributed by atoms with van der Waals surface area (Å²) in [5, 5.41) is 11.7. The second-order valence-corrected chi connectivity index (χ2v) is 5.27. The maximum Gasteiger partial charge on any atom is 0.317 e. The van der Waals surface area contributed by atoms with Crippen molar-refractivity contribution < 1.29 is 14.7 Å². The van der Waals surface area contributed by atoms with Gasteiger partial charge in [-0.2, -0.15) is 0 Å². The molecule has 104 valence electrons. The number of carboxylic acid groups (broad SMARTS) is 1. The molecule has 18 heavy (non-hydrogen) atoms. The molecule has 1 amide bonds. The highest BCUT2D eigenvalue weighted by Gasteiger charge is 2.24. The summed E-state index contributed by atoms with van der Waals surface area (Å²) in [6.45, 7) is 4.42. The van der Waals surface area contributed by atoms with E-state index >= 15 is 0 Å². The molecule has 1 rings (SSSR count). The van der Waals surface area contributed by atoms with E-state index in [1.54, 1.807) is 0 Å². The van der Waals surface area contributed by atoms with Crippen LogP contribution in [0, 0.1) is 0 Å². The van der Waals surface area contributed by atoms with Crippen molar-refractivity contribution in [1.82, 2.24) is 10.2 Å². The Hall–Kier alpha value is -1.10. The summed E-state index contributed by atoms with van der Waals surface area (Å²) in [6.07, 6.45) is 4.82. The predicted octanol–water partition coefficient (Wildman–Crippen LogP) is 1.23. The number of aliphatic carboxylic acids is 1. The van der Waals surface area contributed by atoms with Crippen LogP contribution in [0.1, 0.15) is 46.0 Å². The van der Waals surface area contributed by atoms with E-state index in [0.29, 0.717) is 19.0 Å². The van der Waals surface area contributed by atoms with Crippen LogP contribution in [0.5, 0.6) is 0 Å². The van der Waals surface area contributed by atoms with Crippen molar-refractivity contribution in [3.8, 4) is 0 Å². The van der Waals surface area contributed by atoms with Crippen molar-refractivity contribution in [3.63, 3.8) is 0 Å². The summed E-state index contributed by atoms with van der Waals surface area (Å²) >= 11 is 0. The summed E-state index contributed by atoms with van der Waals surface area (Å²) in [5.74, 6) is -0.815. The van der Waals surface area contributed by atoms with E-state index in [0.717, 1.165) is 12.8 Å². The third kappa shape index (κ3) is 5.49. The van der Waals surface area contributed by atoms with E-state index in [1.807, 2.05) is 18.7 Å². The SMILES string of the molecule is CC(C)NC(=O)CCN(CC(=O)O)C1CCCC1. The summed E-state index contributed by atoms with van der Waals surface area (Å²) in [5.41, 5.74) is 0. The lowest BCUT2D eigenvalue weighted by Crippen LogP contribution is -2.40. The van der Waals surface area contributed by atoms with Gasteiger partial charge in [0, 0.05) is 25.0 Å². The first-order valence-electron chi connectivity index (χ1n) is 6.74. The highest BCUT2D eigenvalue weighted by Crippen LogP contribution is 2.23. The van der Waals surface area contributed by atoms with Crippen LogP contribution in [0.2, 0.25) is 0 Å². The normalized spacial score (nSPS) is 16.4. The average Bonchev–Trinajstić information content (AvgIpc) is 2.75. The first-order chi connectivity index (χ1) is 8.49. The number of rotatable bonds is 7. The van der Waals surface area contributed by atoms with E-state index in [1.165, 1.54) is 12.8 Å². The number of nitrogens with zero attached hydrogens (tertiary/aromatic N) is 1. The van der Waals surface area contributed by atoms with Crippen LogP contribution in [0.15, 0.2) is 0 Å². The first kappa shape index (κ1) is 15.0. The number of carbonyl (C=O) groups excluding carboxylic acids is 1. The van der Waals surface area contributed by atoms with Gasteiger partial charge in [0.25, 0.3) is 0 Å². The van der Waals surface area contributed by atoms with Crippen LogP contribution < -0.4 is 5.32 Å². The van der Waals surface area contributed by atoms with Crippen LogP contribution in [0.3, 0.4) is 0 Å². The van der Waals surface area contributed by atoms with E-state index in [4.69, 9.17) is 5.11 Å². The Morgan fingerprint density at radius 1 is 1.33 bits per heavy atom. The van der Waals surface area contributed by atoms with Gasteiger partial charge >= 0.3 is 5.97 Å². The van der Waals surface area contributed by atoms with Crippen LogP contribution in [0.4, 0.5) is 0 Å². The summed E-state index contributed by atoms with van der Waals surface area (Å²) < 4.78 is 0. The lowest BCUT2D eigenvalue weighted by molar-refractivity contribution is -0.139. The van der Waals surface area contributed by atoms with Gasteiger partial charge < -0.3 is 10.4 Å². The second kappa shape index (κ2) is 7.36. The van der Waals surface area contributed by atoms with Crippen molar-refractivity contribution >= 4 is 11.9 Å². The molecule has 5 nitrogen and oxygen atoms in total. The minimum atomic E-state index is -0.814. The van der Waals surface area contributed by atoms with E-state index in [-0.39, 0.29) is 18.5 Å². The molecule has 0 atom stereocenters. The van der Waals surface area contributed by atoms with Gasteiger partial charge in [-0.05, 0) is 26.7 Å². The molecule has 0 aliphatic heterocycles. The van der Waals surface area contributed by atoms with Crippen molar-refractivity contribution in [2.45, 2.75) is 58.0 Å². The van der Waals surface area contributed by atoms with Gasteiger partial charge in [-0.3, -0.25) is 14.5 Å². The molecule has 0 radical (unpaired) electrons. The largest absolute Gasteiger partial charge is 0.480 e. The van der Waals surface area contributed by atoms with Gasteiger partial charge in [0.2, 0.25) is 5.91 Å². The smallest absolute Gasteiger partial charge is 0.317 e. The lowest BCUT2D eigenvalue weighted by Gasteiger charge is -2.26. The fraction of sp³-hybridized carbons (Fsp3) is 0.846. The minimum absolute atomic E-state index is 0.00149. The Morgan fingerprint density at radius 3 is 2.44 bits per heavy atom. The Kier molecular flexibility index (Phi) is 6.12. The molecule has 1 fully saturated rings. The molecule has 2 N–H and O–H groups in total. The zero-order valence-electron chi connectivity index (χ0n) is 11.3. The zero-order valence-corrected chi connectivity index (χ0v) is 11.3. The Balaban J connectivity index is 2.40. The second-order valence-electron chi connectivity index (χ2n) is 5.27. The topological polar surface area (TPSA) is 69.6 Å². The van der Waals surface area contributed by atoms with Crippen molar-refractivity contribution in [2.24, 2.45) is 0 Å². The van der Waals surface area contributed by atoms with Gasteiger partial charge in [0.1, 0.15) is 0 Å². The molecule has 1 saturated carbocycles. The number of carbonyl (C=O) groups is 2. The molecule has 0 saturated heterocycles. The minimum Gasteiger partial charge on any atom is -0.480 e. The summed E-state index contributed by atoms with van der Waals surface area (Å²) in [6, 6.07) is 0.477. The lowest BCUT2D eigenvalue weighted by atomic mass is 10.2. The Morgan fingerprint density at radius 2 is 1.94 bits per heavy atom. The van der Waals surface area contributed by atoms with Gasteiger partial charge in [-0.15, -0.1) is 0 Å². The highest BCUT2D eigenvalue weighted by atomic mass is 16.4. The molecule has 0 aromatic carbocycles. The van der Waals surface area contributed by atoms with Crippen molar-refractivity contribution in [2.75, 3.05) is 13.1 Å². The Labute approximate surface area is 109 Å². The molecule has 0 aromatic rings. The average molecular weight is 256 g/mol. The van der Waals surface area contributed by atoms with Gasteiger partial charge in [-0.1, -0.05) is 12.8 Å². The number of carboxylic acids is 1. The quantitative estimate of drug-likeness (QED) is 0.719. The molecule has 0 bridgehead atoms. The van der Waals surface area contributed by atoms with Crippen LogP contribution >= 0.6 is 0 Å². The van der Waals surface area contributed by atoms with Crippen LogP contribution in [-0.2, 0) is 9.59 Å². The first-order valence-corrected chi connectivity index (χ1v) is 6.74. The third-order valence-corrected chi connectivity index (χ3v) is 3.26. The monoisotopic (exact) mass is 256 g/mol. The van der Waals surface area contributed by atoms with E-state index in [2.05, 4.69) is 5.32 Å². The molecule has 0 unspecified atom stereocenters. The number of nitrogens with one attached hydrogen (secondary N) is 1. The van der Waals surface area contributed by atoms with E-state index in [9.17, 15) is 9.59 Å². The maximum atomic E-state index is 11.6. The maximum absolute atomic E-state index is 11.6. The molecular formula is C13H24N2O3. The molecule has 0 spiro atoms. The number of hydrogen-bond acceptors (Lipinski definition) is 3. The molecular weight excluding hydrogens is 232 g/mol. The standard InChI is InChI=1S/C13H24N2O3/c1-10(2)14-12(16)7-8-15(9-13(17)18)11-5-3-4-6-11/h10-11H,3-9H2,1-2H3,(H,14,16)(H,17,18). The predicted molar refractivity (Wildman–Crippen MR) is 69.4 cm³/mol. The fourth-order valence-corrected chi connectivity index (χ4v) is 2.47. The molecule has 0 aromatic heterocycles. The van der Waals surface area contributed by atoms with Gasteiger partial charge in [0.15, 0.2) is 0 Å². The van der Waals surface area contributed by atoms with Crippen molar-refractivity contribution in [3.05, 3.63) is 0 Å². The summed E-state index contributed by atoms with van der Waals surface area (Å²) in [7, 11) is 0. The van der Waals surface area contributed by atoms with E-state index < -0.39 is 5.97 Å².